The number of carboxylic acid groups (broad SMARTS) is 1. The van der Waals surface area contributed by atoms with Gasteiger partial charge in [-0.3, -0.25) is 9.59 Å². The summed E-state index contributed by atoms with van der Waals surface area (Å²) >= 11 is 12.5. The van der Waals surface area contributed by atoms with Crippen LogP contribution in [0.4, 0.5) is 4.79 Å². The first-order valence-electron chi connectivity index (χ1n) is 14.8. The Balaban J connectivity index is 1.35. The van der Waals surface area contributed by atoms with Crippen LogP contribution in [0.3, 0.4) is 0 Å². The molecule has 4 N–H and O–H groups in total. The number of aliphatic carboxylic acids is 1. The van der Waals surface area contributed by atoms with Crippen LogP contribution in [0.2, 0.25) is 10.0 Å². The molecule has 1 unspecified atom stereocenters. The van der Waals surface area contributed by atoms with Gasteiger partial charge in [-0.1, -0.05) is 55.0 Å². The van der Waals surface area contributed by atoms with E-state index in [1.165, 1.54) is 0 Å². The number of likely N-dealkylation sites (tertiary alicyclic amines) is 1. The van der Waals surface area contributed by atoms with E-state index in [1.807, 2.05) is 6.20 Å². The summed E-state index contributed by atoms with van der Waals surface area (Å²) in [5.74, 6) is -0.825. The number of carbonyl (C=O) groups is 3. The number of nitrogens with one attached hydrogen (secondary N) is 3. The Bertz CT molecular complexity index is 1160. The Morgan fingerprint density at radius 3 is 2.51 bits per heavy atom. The number of piperidine rings is 1. The molecule has 11 heteroatoms. The number of nitrogens with zero attached hydrogens (tertiary/aromatic N) is 2. The van der Waals surface area contributed by atoms with E-state index >= 15 is 0 Å². The van der Waals surface area contributed by atoms with Gasteiger partial charge < -0.3 is 25.6 Å². The van der Waals surface area contributed by atoms with Gasteiger partial charge in [0, 0.05) is 42.3 Å². The van der Waals surface area contributed by atoms with Gasteiger partial charge in [0.15, 0.2) is 0 Å². The first-order valence-corrected chi connectivity index (χ1v) is 15.5. The molecule has 2 aliphatic rings. The van der Waals surface area contributed by atoms with Crippen molar-refractivity contribution in [2.45, 2.75) is 83.1 Å². The summed E-state index contributed by atoms with van der Waals surface area (Å²) in [5, 5.41) is 16.9. The molecule has 1 saturated carbocycles. The number of halogens is 2. The zero-order chi connectivity index (χ0) is 29.2. The second-order valence-electron chi connectivity index (χ2n) is 11.4. The highest BCUT2D eigenvalue weighted by Crippen LogP contribution is 2.46. The summed E-state index contributed by atoms with van der Waals surface area (Å²) in [6, 6.07) is 3.83. The van der Waals surface area contributed by atoms with Crippen molar-refractivity contribution in [2.24, 2.45) is 11.3 Å². The lowest BCUT2D eigenvalue weighted by atomic mass is 9.64. The third-order valence-electron chi connectivity index (χ3n) is 8.77. The van der Waals surface area contributed by atoms with Crippen LogP contribution in [-0.2, 0) is 22.4 Å². The quantitative estimate of drug-likeness (QED) is 0.234. The molecule has 1 aromatic carbocycles. The zero-order valence-corrected chi connectivity index (χ0v) is 25.0. The molecule has 0 radical (unpaired) electrons. The van der Waals surface area contributed by atoms with Crippen LogP contribution in [0.25, 0.3) is 0 Å². The second kappa shape index (κ2) is 14.9. The smallest absolute Gasteiger partial charge is 0.315 e. The van der Waals surface area contributed by atoms with Crippen molar-refractivity contribution in [2.75, 3.05) is 19.6 Å². The lowest BCUT2D eigenvalue weighted by Crippen LogP contribution is -2.56. The molecule has 2 heterocycles. The van der Waals surface area contributed by atoms with Gasteiger partial charge in [-0.05, 0) is 68.6 Å². The van der Waals surface area contributed by atoms with E-state index < -0.39 is 23.5 Å². The minimum Gasteiger partial charge on any atom is -0.481 e. The number of carbonyl (C=O) groups excluding carboxylic acids is 2. The topological polar surface area (TPSA) is 127 Å². The fraction of sp³-hybridized carbons (Fsp3) is 0.600. The molecular formula is C30H41Cl2N5O4. The van der Waals surface area contributed by atoms with Gasteiger partial charge in [0.1, 0.15) is 6.04 Å². The molecule has 0 spiro atoms. The number of imidazole rings is 1. The fourth-order valence-corrected chi connectivity index (χ4v) is 6.84. The summed E-state index contributed by atoms with van der Waals surface area (Å²) in [6.07, 6.45) is 13.4. The lowest BCUT2D eigenvalue weighted by Gasteiger charge is -2.45. The minimum atomic E-state index is -0.847. The first kappa shape index (κ1) is 31.2. The molecule has 1 aliphatic heterocycles. The molecule has 3 amide bonds. The number of hydrogen-bond donors (Lipinski definition) is 4. The predicted molar refractivity (Wildman–Crippen MR) is 159 cm³/mol. The van der Waals surface area contributed by atoms with Gasteiger partial charge in [0.2, 0.25) is 5.91 Å². The average Bonchev–Trinajstić information content (AvgIpc) is 3.49. The van der Waals surface area contributed by atoms with Crippen molar-refractivity contribution >= 4 is 41.1 Å². The number of unbranched alkanes of at least 4 members (excludes halogenated alkanes) is 2. The number of urea groups is 1. The van der Waals surface area contributed by atoms with Crippen molar-refractivity contribution in [1.82, 2.24) is 25.5 Å². The maximum absolute atomic E-state index is 13.8. The van der Waals surface area contributed by atoms with E-state index in [4.69, 9.17) is 23.2 Å². The van der Waals surface area contributed by atoms with E-state index in [1.54, 1.807) is 29.4 Å². The number of aryl methyl sites for hydroxylation is 1. The normalized spacial score (nSPS) is 18.0. The van der Waals surface area contributed by atoms with Crippen LogP contribution in [-0.4, -0.2) is 63.6 Å². The van der Waals surface area contributed by atoms with Crippen LogP contribution < -0.4 is 10.6 Å². The highest BCUT2D eigenvalue weighted by molar-refractivity contribution is 6.35. The van der Waals surface area contributed by atoms with Crippen molar-refractivity contribution in [3.63, 3.8) is 0 Å². The van der Waals surface area contributed by atoms with Crippen LogP contribution >= 0.6 is 23.2 Å². The van der Waals surface area contributed by atoms with Gasteiger partial charge in [0.05, 0.1) is 17.4 Å². The van der Waals surface area contributed by atoms with Crippen LogP contribution in [0.5, 0.6) is 0 Å². The minimum absolute atomic E-state index is 0.151. The number of aromatic amines is 1. The van der Waals surface area contributed by atoms with E-state index in [0.29, 0.717) is 48.1 Å². The van der Waals surface area contributed by atoms with Crippen LogP contribution in [0.15, 0.2) is 30.7 Å². The standard InChI is InChI=1S/C30H41Cl2N5O4/c31-23-11-10-21(25(32)18-23)17-26(36-29(41)34-14-6-2-5-9-24-19-33-20-35-24)27(38)37-15-12-30(13-16-37,28(39)40)22-7-3-1-4-8-22/h10-11,18-20,22,26H,1-9,12-17H2,(H,33,35)(H,39,40)(H2,34,36,41). The zero-order valence-electron chi connectivity index (χ0n) is 23.5. The lowest BCUT2D eigenvalue weighted by molar-refractivity contribution is -0.160. The summed E-state index contributed by atoms with van der Waals surface area (Å²) in [4.78, 5) is 47.9. The number of amides is 3. The van der Waals surface area contributed by atoms with Gasteiger partial charge in [-0.2, -0.15) is 0 Å². The molecule has 9 nitrogen and oxygen atoms in total. The molecule has 2 fully saturated rings. The SMILES string of the molecule is O=C(NCCCCCc1c[nH]cn1)NC(Cc1ccc(Cl)cc1Cl)C(=O)N1CCC(C(=O)O)(C2CCCCC2)CC1. The summed E-state index contributed by atoms with van der Waals surface area (Å²) in [6.45, 7) is 1.19. The maximum atomic E-state index is 13.8. The predicted octanol–water partition coefficient (Wildman–Crippen LogP) is 5.61. The third kappa shape index (κ3) is 8.38. The number of carboxylic acids is 1. The molecule has 0 bridgehead atoms. The third-order valence-corrected chi connectivity index (χ3v) is 9.36. The van der Waals surface area contributed by atoms with Crippen molar-refractivity contribution in [3.8, 4) is 0 Å². The van der Waals surface area contributed by atoms with Gasteiger partial charge in [-0.25, -0.2) is 9.78 Å². The molecule has 1 aromatic heterocycles. The number of benzene rings is 1. The largest absolute Gasteiger partial charge is 0.481 e. The molecule has 4 rings (SSSR count). The highest BCUT2D eigenvalue weighted by Gasteiger charge is 2.48. The number of rotatable bonds is 12. The van der Waals surface area contributed by atoms with Gasteiger partial charge in [-0.15, -0.1) is 0 Å². The van der Waals surface area contributed by atoms with Gasteiger partial charge in [0.25, 0.3) is 0 Å². The van der Waals surface area contributed by atoms with Crippen molar-refractivity contribution in [3.05, 3.63) is 52.0 Å². The summed E-state index contributed by atoms with van der Waals surface area (Å²) < 4.78 is 0. The van der Waals surface area contributed by atoms with E-state index in [2.05, 4.69) is 20.6 Å². The fourth-order valence-electron chi connectivity index (χ4n) is 6.35. The Morgan fingerprint density at radius 1 is 1.10 bits per heavy atom. The Hall–Kier alpha value is -2.78. The first-order chi connectivity index (χ1) is 19.8. The molecule has 2 aromatic rings. The molecule has 224 valence electrons. The summed E-state index contributed by atoms with van der Waals surface area (Å²) in [5.41, 5.74) is 0.941. The molecule has 1 atom stereocenters. The number of H-pyrrole nitrogens is 1. The molecule has 1 aliphatic carbocycles. The number of hydrogen-bond acceptors (Lipinski definition) is 4. The summed E-state index contributed by atoms with van der Waals surface area (Å²) in [7, 11) is 0. The second-order valence-corrected chi connectivity index (χ2v) is 12.2. The average molecular weight is 607 g/mol. The van der Waals surface area contributed by atoms with Crippen LogP contribution in [0.1, 0.15) is 75.5 Å². The molecule has 1 saturated heterocycles. The number of aromatic nitrogens is 2. The van der Waals surface area contributed by atoms with E-state index in [-0.39, 0.29) is 18.2 Å². The van der Waals surface area contributed by atoms with Crippen molar-refractivity contribution in [1.29, 1.82) is 0 Å². The Kier molecular flexibility index (Phi) is 11.3. The molecule has 41 heavy (non-hydrogen) atoms. The monoisotopic (exact) mass is 605 g/mol. The maximum Gasteiger partial charge on any atom is 0.315 e. The van der Waals surface area contributed by atoms with Gasteiger partial charge >= 0.3 is 12.0 Å². The Morgan fingerprint density at radius 2 is 1.85 bits per heavy atom. The molecular weight excluding hydrogens is 565 g/mol. The Labute approximate surface area is 251 Å². The van der Waals surface area contributed by atoms with E-state index in [0.717, 1.165) is 63.5 Å². The van der Waals surface area contributed by atoms with Crippen LogP contribution in [0, 0.1) is 11.3 Å². The highest BCUT2D eigenvalue weighted by atomic mass is 35.5. The van der Waals surface area contributed by atoms with E-state index in [9.17, 15) is 19.5 Å². The van der Waals surface area contributed by atoms with Crippen molar-refractivity contribution < 1.29 is 19.5 Å².